The molecule has 4 fully saturated rings. The molecule has 4 saturated heterocycles. The standard InChI is InChI=1S/C41H41F3N6O4/c1-7-26-28(43)13-11-23-9-8-10-27(30(23)26)33-32(44)34-31-36(47-38(46-34)52-20-41-17-24(42)18-48(41)16-15-21(41)2)49-19-25-12-14-29(35(49)22(3)53-37(31)45-33)50(25)39(51)54-40(4,5)6/h1,8-11,13,22,24-25,29,35H,2,12,14-20H2,3-6H3/t22-,24?,25+,29-,35+,41?/m0/s1. The van der Waals surface area contributed by atoms with Gasteiger partial charge in [0.2, 0.25) is 5.88 Å². The van der Waals surface area contributed by atoms with Crippen LogP contribution in [0.5, 0.6) is 11.9 Å². The number of rotatable bonds is 4. The van der Waals surface area contributed by atoms with Crippen molar-refractivity contribution in [2.24, 2.45) is 0 Å². The van der Waals surface area contributed by atoms with Gasteiger partial charge in [-0.15, -0.1) is 6.42 Å². The Morgan fingerprint density at radius 3 is 2.72 bits per heavy atom. The summed E-state index contributed by atoms with van der Waals surface area (Å²) >= 11 is 0. The summed E-state index contributed by atoms with van der Waals surface area (Å²) in [5.41, 5.74) is -0.519. The maximum Gasteiger partial charge on any atom is 0.410 e. The minimum Gasteiger partial charge on any atom is -0.472 e. The number of ether oxygens (including phenoxy) is 3. The van der Waals surface area contributed by atoms with Crippen LogP contribution in [0.2, 0.25) is 0 Å². The SMILES string of the molecule is C#Cc1c(F)ccc2cccc(-c3nc4c5c(nc(OCC67CC(F)CN6CCC7=C)nc5c3F)N3C[C@H]5CC[C@@H]([C@H]3[C@H](C)O4)N5C(=O)OC(C)(C)C)c12. The van der Waals surface area contributed by atoms with E-state index in [-0.39, 0.29) is 71.3 Å². The van der Waals surface area contributed by atoms with Crippen LogP contribution in [-0.2, 0) is 4.74 Å². The van der Waals surface area contributed by atoms with Crippen LogP contribution in [-0.4, -0.2) is 98.6 Å². The third kappa shape index (κ3) is 5.20. The maximum absolute atomic E-state index is 17.4. The molecular weight excluding hydrogens is 697 g/mol. The van der Waals surface area contributed by atoms with Crippen LogP contribution in [0.4, 0.5) is 23.8 Å². The molecule has 10 nitrogen and oxygen atoms in total. The molecule has 9 rings (SSSR count). The number of benzene rings is 2. The lowest BCUT2D eigenvalue weighted by molar-refractivity contribution is 0.000937. The number of aromatic nitrogens is 3. The molecule has 2 aromatic carbocycles. The van der Waals surface area contributed by atoms with E-state index in [0.29, 0.717) is 36.1 Å². The number of carbonyl (C=O) groups is 1. The number of nitrogens with zero attached hydrogens (tertiary/aromatic N) is 6. The Bertz CT molecular complexity index is 2310. The number of amides is 1. The number of alkyl halides is 1. The summed E-state index contributed by atoms with van der Waals surface area (Å²) in [6, 6.07) is 6.97. The Morgan fingerprint density at radius 2 is 1.94 bits per heavy atom. The Hall–Kier alpha value is -5.09. The van der Waals surface area contributed by atoms with Gasteiger partial charge in [0.25, 0.3) is 0 Å². The predicted octanol–water partition coefficient (Wildman–Crippen LogP) is 6.96. The van der Waals surface area contributed by atoms with E-state index in [1.165, 1.54) is 6.07 Å². The number of hydrogen-bond donors (Lipinski definition) is 0. The Kier molecular flexibility index (Phi) is 7.84. The normalized spacial score (nSPS) is 27.4. The van der Waals surface area contributed by atoms with E-state index in [1.807, 2.05) is 32.6 Å². The average Bonchev–Trinajstić information content (AvgIpc) is 3.70. The minimum atomic E-state index is -1.03. The van der Waals surface area contributed by atoms with Crippen molar-refractivity contribution in [3.63, 3.8) is 0 Å². The molecule has 0 radical (unpaired) electrons. The fraction of sp³-hybridized carbons (Fsp3) is 0.463. The van der Waals surface area contributed by atoms with Gasteiger partial charge in [-0.1, -0.05) is 42.3 Å². The minimum absolute atomic E-state index is 0.0179. The fourth-order valence-corrected chi connectivity index (χ4v) is 9.54. The number of anilines is 1. The van der Waals surface area contributed by atoms with E-state index in [9.17, 15) is 9.18 Å². The van der Waals surface area contributed by atoms with Gasteiger partial charge < -0.3 is 19.1 Å². The van der Waals surface area contributed by atoms with Gasteiger partial charge in [-0.3, -0.25) is 9.80 Å². The Labute approximate surface area is 311 Å². The second-order valence-electron chi connectivity index (χ2n) is 16.2. The van der Waals surface area contributed by atoms with Crippen LogP contribution in [0, 0.1) is 24.0 Å². The van der Waals surface area contributed by atoms with Crippen molar-refractivity contribution in [2.75, 3.05) is 31.1 Å². The van der Waals surface area contributed by atoms with Crippen molar-refractivity contribution in [1.82, 2.24) is 24.8 Å². The van der Waals surface area contributed by atoms with Gasteiger partial charge in [-0.25, -0.2) is 22.9 Å². The molecule has 2 bridgehead atoms. The maximum atomic E-state index is 17.4. The van der Waals surface area contributed by atoms with Crippen LogP contribution >= 0.6 is 0 Å². The Balaban J connectivity index is 1.22. The molecule has 6 atom stereocenters. The molecule has 0 saturated carbocycles. The molecule has 0 spiro atoms. The van der Waals surface area contributed by atoms with Gasteiger partial charge in [0, 0.05) is 37.0 Å². The number of terminal acetylenes is 1. The third-order valence-corrected chi connectivity index (χ3v) is 11.8. The Morgan fingerprint density at radius 1 is 1.13 bits per heavy atom. The second-order valence-corrected chi connectivity index (χ2v) is 16.2. The monoisotopic (exact) mass is 738 g/mol. The quantitative estimate of drug-likeness (QED) is 0.163. The van der Waals surface area contributed by atoms with Crippen LogP contribution in [0.25, 0.3) is 32.9 Å². The summed E-state index contributed by atoms with van der Waals surface area (Å²) in [7, 11) is 0. The van der Waals surface area contributed by atoms with Crippen molar-refractivity contribution >= 4 is 33.6 Å². The molecule has 5 aliphatic rings. The van der Waals surface area contributed by atoms with E-state index in [4.69, 9.17) is 30.6 Å². The molecule has 13 heteroatoms. The van der Waals surface area contributed by atoms with Crippen molar-refractivity contribution < 1.29 is 32.2 Å². The van der Waals surface area contributed by atoms with E-state index < -0.39 is 47.2 Å². The van der Waals surface area contributed by atoms with Crippen LogP contribution in [0.15, 0.2) is 42.5 Å². The van der Waals surface area contributed by atoms with Crippen molar-refractivity contribution in [2.45, 2.75) is 94.9 Å². The smallest absolute Gasteiger partial charge is 0.410 e. The fourth-order valence-electron chi connectivity index (χ4n) is 9.54. The molecule has 7 heterocycles. The lowest BCUT2D eigenvalue weighted by Gasteiger charge is -2.48. The molecule has 5 aliphatic heterocycles. The number of carbonyl (C=O) groups excluding carboxylic acids is 1. The van der Waals surface area contributed by atoms with Crippen molar-refractivity contribution in [3.8, 4) is 35.5 Å². The van der Waals surface area contributed by atoms with E-state index in [1.54, 1.807) is 24.3 Å². The first-order valence-corrected chi connectivity index (χ1v) is 18.5. The zero-order chi connectivity index (χ0) is 37.8. The van der Waals surface area contributed by atoms with Crippen LogP contribution in [0.3, 0.4) is 0 Å². The highest BCUT2D eigenvalue weighted by molar-refractivity contribution is 6.03. The van der Waals surface area contributed by atoms with Crippen LogP contribution in [0.1, 0.15) is 58.9 Å². The van der Waals surface area contributed by atoms with E-state index >= 15 is 8.78 Å². The molecule has 0 N–H and O–H groups in total. The summed E-state index contributed by atoms with van der Waals surface area (Å²) in [4.78, 5) is 34.0. The summed E-state index contributed by atoms with van der Waals surface area (Å²) in [5, 5.41) is 1.19. The molecule has 2 unspecified atom stereocenters. The highest BCUT2D eigenvalue weighted by atomic mass is 19.1. The number of piperazine rings is 1. The van der Waals surface area contributed by atoms with Crippen molar-refractivity contribution in [1.29, 1.82) is 0 Å². The lowest BCUT2D eigenvalue weighted by atomic mass is 9.90. The zero-order valence-corrected chi connectivity index (χ0v) is 30.7. The molecule has 1 amide bonds. The first-order chi connectivity index (χ1) is 25.8. The topological polar surface area (TPSA) is 93.2 Å². The molecular formula is C41H41F3N6O4. The van der Waals surface area contributed by atoms with Crippen molar-refractivity contribution in [3.05, 3.63) is 59.7 Å². The van der Waals surface area contributed by atoms with Crippen LogP contribution < -0.4 is 14.4 Å². The first kappa shape index (κ1) is 34.7. The summed E-state index contributed by atoms with van der Waals surface area (Å²) in [5.74, 6) is 1.48. The molecule has 2 aromatic heterocycles. The highest BCUT2D eigenvalue weighted by Gasteiger charge is 2.55. The van der Waals surface area contributed by atoms with E-state index in [2.05, 4.69) is 27.3 Å². The molecule has 0 aliphatic carbocycles. The summed E-state index contributed by atoms with van der Waals surface area (Å²) < 4.78 is 66.2. The van der Waals surface area contributed by atoms with Gasteiger partial charge in [0.15, 0.2) is 5.82 Å². The number of pyridine rings is 1. The molecule has 54 heavy (non-hydrogen) atoms. The average molecular weight is 739 g/mol. The van der Waals surface area contributed by atoms with Gasteiger partial charge in [-0.05, 0) is 58.4 Å². The molecule has 280 valence electrons. The number of fused-ring (bicyclic) bond motifs is 7. The summed E-state index contributed by atoms with van der Waals surface area (Å²) in [6.45, 7) is 13.0. The van der Waals surface area contributed by atoms with Gasteiger partial charge in [-0.2, -0.15) is 9.97 Å². The zero-order valence-electron chi connectivity index (χ0n) is 30.7. The third-order valence-electron chi connectivity index (χ3n) is 11.8. The predicted molar refractivity (Wildman–Crippen MR) is 197 cm³/mol. The summed E-state index contributed by atoms with van der Waals surface area (Å²) in [6.07, 6.45) is 6.19. The number of hydrogen-bond acceptors (Lipinski definition) is 9. The number of halogens is 3. The lowest BCUT2D eigenvalue weighted by Crippen LogP contribution is -2.65. The van der Waals surface area contributed by atoms with Gasteiger partial charge >= 0.3 is 12.1 Å². The van der Waals surface area contributed by atoms with Gasteiger partial charge in [0.1, 0.15) is 52.7 Å². The molecule has 4 aromatic rings. The van der Waals surface area contributed by atoms with E-state index in [0.717, 1.165) is 18.4 Å². The first-order valence-electron chi connectivity index (χ1n) is 18.5. The second kappa shape index (κ2) is 12.2. The van der Waals surface area contributed by atoms with Gasteiger partial charge in [0.05, 0.1) is 29.2 Å². The highest BCUT2D eigenvalue weighted by Crippen LogP contribution is 2.48. The largest absolute Gasteiger partial charge is 0.472 e.